The molecule has 0 bridgehead atoms. The normalized spacial score (nSPS) is 12.1. The van der Waals surface area contributed by atoms with Crippen LogP contribution in [0.3, 0.4) is 0 Å². The van der Waals surface area contributed by atoms with E-state index in [0.29, 0.717) is 5.69 Å². The van der Waals surface area contributed by atoms with E-state index in [4.69, 9.17) is 4.74 Å². The zero-order chi connectivity index (χ0) is 13.1. The number of hydrogen-bond acceptors (Lipinski definition) is 5. The van der Waals surface area contributed by atoms with Gasteiger partial charge in [-0.2, -0.15) is 0 Å². The molecule has 2 aromatic heterocycles. The van der Waals surface area contributed by atoms with Crippen LogP contribution in [0.1, 0.15) is 34.1 Å². The Hall–Kier alpha value is -1.95. The molecular formula is C12H12N2O3S. The molecule has 0 aliphatic rings. The molecular weight excluding hydrogens is 252 g/mol. The highest BCUT2D eigenvalue weighted by atomic mass is 32.1. The van der Waals surface area contributed by atoms with E-state index in [1.807, 2.05) is 5.38 Å². The summed E-state index contributed by atoms with van der Waals surface area (Å²) in [6.45, 7) is 3.46. The van der Waals surface area contributed by atoms with Crippen LogP contribution in [-0.2, 0) is 4.74 Å². The third-order valence-corrected chi connectivity index (χ3v) is 3.23. The van der Waals surface area contributed by atoms with Crippen molar-refractivity contribution in [2.24, 2.45) is 0 Å². The lowest BCUT2D eigenvalue weighted by molar-refractivity contribution is 0.0337. The number of thiazole rings is 1. The summed E-state index contributed by atoms with van der Waals surface area (Å²) in [5, 5.41) is 2.54. The summed E-state index contributed by atoms with van der Waals surface area (Å²) in [6, 6.07) is 2.81. The Morgan fingerprint density at radius 2 is 2.28 bits per heavy atom. The van der Waals surface area contributed by atoms with E-state index < -0.39 is 12.1 Å². The first kappa shape index (κ1) is 12.5. The molecule has 1 atom stereocenters. The average Bonchev–Trinajstić information content (AvgIpc) is 2.80. The Labute approximate surface area is 107 Å². The SMILES string of the molecule is Cc1cc(C(=O)OC(C)c2nccs2)cc(=O)[nH]1. The Balaban J connectivity index is 2.15. The number of nitrogens with one attached hydrogen (secondary N) is 1. The fourth-order valence-corrected chi connectivity index (χ4v) is 2.14. The molecule has 0 radical (unpaired) electrons. The van der Waals surface area contributed by atoms with Crippen LogP contribution in [-0.4, -0.2) is 15.9 Å². The summed E-state index contributed by atoms with van der Waals surface area (Å²) < 4.78 is 5.25. The van der Waals surface area contributed by atoms with E-state index in [1.54, 1.807) is 26.1 Å². The van der Waals surface area contributed by atoms with E-state index in [0.717, 1.165) is 5.01 Å². The van der Waals surface area contributed by atoms with Crippen molar-refractivity contribution in [3.63, 3.8) is 0 Å². The molecule has 6 heteroatoms. The summed E-state index contributed by atoms with van der Waals surface area (Å²) >= 11 is 1.42. The molecule has 94 valence electrons. The number of nitrogens with zero attached hydrogens (tertiary/aromatic N) is 1. The van der Waals surface area contributed by atoms with Gasteiger partial charge in [0.2, 0.25) is 5.56 Å². The average molecular weight is 264 g/mol. The minimum Gasteiger partial charge on any atom is -0.452 e. The molecule has 5 nitrogen and oxygen atoms in total. The minimum absolute atomic E-state index is 0.250. The highest BCUT2D eigenvalue weighted by Gasteiger charge is 2.16. The first-order valence-corrected chi connectivity index (χ1v) is 6.25. The topological polar surface area (TPSA) is 72.0 Å². The van der Waals surface area contributed by atoms with Crippen molar-refractivity contribution in [3.8, 4) is 0 Å². The molecule has 0 saturated heterocycles. The molecule has 0 saturated carbocycles. The molecule has 1 unspecified atom stereocenters. The van der Waals surface area contributed by atoms with Crippen LogP contribution in [0.25, 0.3) is 0 Å². The number of rotatable bonds is 3. The molecule has 0 amide bonds. The monoisotopic (exact) mass is 264 g/mol. The number of hydrogen-bond donors (Lipinski definition) is 1. The molecule has 0 spiro atoms. The Kier molecular flexibility index (Phi) is 3.57. The molecule has 2 rings (SSSR count). The molecule has 2 heterocycles. The summed E-state index contributed by atoms with van der Waals surface area (Å²) in [5.74, 6) is -0.521. The lowest BCUT2D eigenvalue weighted by Gasteiger charge is -2.10. The van der Waals surface area contributed by atoms with Gasteiger partial charge in [0.1, 0.15) is 5.01 Å². The maximum Gasteiger partial charge on any atom is 0.339 e. The lowest BCUT2D eigenvalue weighted by atomic mass is 10.2. The number of aromatic amines is 1. The van der Waals surface area contributed by atoms with E-state index in [2.05, 4.69) is 9.97 Å². The molecule has 0 aliphatic carbocycles. The Bertz CT molecular complexity index is 604. The second-order valence-electron chi connectivity index (χ2n) is 3.83. The molecule has 0 aromatic carbocycles. The van der Waals surface area contributed by atoms with Crippen molar-refractivity contribution in [2.45, 2.75) is 20.0 Å². The van der Waals surface area contributed by atoms with Gasteiger partial charge in [-0.1, -0.05) is 0 Å². The van der Waals surface area contributed by atoms with Crippen LogP contribution in [0.5, 0.6) is 0 Å². The van der Waals surface area contributed by atoms with Crippen LogP contribution in [0.15, 0.2) is 28.5 Å². The van der Waals surface area contributed by atoms with Crippen molar-refractivity contribution >= 4 is 17.3 Å². The van der Waals surface area contributed by atoms with E-state index >= 15 is 0 Å². The van der Waals surface area contributed by atoms with Gasteiger partial charge in [0, 0.05) is 23.3 Å². The molecule has 0 fully saturated rings. The van der Waals surface area contributed by atoms with E-state index in [-0.39, 0.29) is 11.1 Å². The molecule has 0 aliphatic heterocycles. The smallest absolute Gasteiger partial charge is 0.339 e. The van der Waals surface area contributed by atoms with Crippen LogP contribution in [0.4, 0.5) is 0 Å². The van der Waals surface area contributed by atoms with Gasteiger partial charge in [0.15, 0.2) is 6.10 Å². The van der Waals surface area contributed by atoms with Crippen LogP contribution in [0.2, 0.25) is 0 Å². The van der Waals surface area contributed by atoms with Gasteiger partial charge in [-0.25, -0.2) is 9.78 Å². The third-order valence-electron chi connectivity index (χ3n) is 2.30. The highest BCUT2D eigenvalue weighted by molar-refractivity contribution is 7.09. The summed E-state index contributed by atoms with van der Waals surface area (Å²) in [7, 11) is 0. The highest BCUT2D eigenvalue weighted by Crippen LogP contribution is 2.20. The predicted octanol–water partition coefficient (Wildman–Crippen LogP) is 2.06. The van der Waals surface area contributed by atoms with Gasteiger partial charge in [-0.15, -0.1) is 11.3 Å². The number of H-pyrrole nitrogens is 1. The van der Waals surface area contributed by atoms with E-state index in [9.17, 15) is 9.59 Å². The van der Waals surface area contributed by atoms with Gasteiger partial charge in [-0.3, -0.25) is 4.79 Å². The fraction of sp³-hybridized carbons (Fsp3) is 0.250. The maximum absolute atomic E-state index is 11.9. The first-order chi connectivity index (χ1) is 8.56. The lowest BCUT2D eigenvalue weighted by Crippen LogP contribution is -2.14. The van der Waals surface area contributed by atoms with E-state index in [1.165, 1.54) is 17.4 Å². The number of pyridine rings is 1. The minimum atomic E-state index is -0.521. The number of carbonyl (C=O) groups excluding carboxylic acids is 1. The Morgan fingerprint density at radius 3 is 2.89 bits per heavy atom. The maximum atomic E-state index is 11.9. The van der Waals surface area contributed by atoms with Crippen molar-refractivity contribution in [1.29, 1.82) is 0 Å². The fourth-order valence-electron chi connectivity index (χ4n) is 1.51. The molecule has 1 N–H and O–H groups in total. The van der Waals surface area contributed by atoms with Gasteiger partial charge < -0.3 is 9.72 Å². The zero-order valence-corrected chi connectivity index (χ0v) is 10.8. The van der Waals surface area contributed by atoms with Crippen molar-refractivity contribution in [1.82, 2.24) is 9.97 Å². The van der Waals surface area contributed by atoms with Crippen LogP contribution >= 0.6 is 11.3 Å². The number of esters is 1. The second-order valence-corrected chi connectivity index (χ2v) is 4.76. The quantitative estimate of drug-likeness (QED) is 0.861. The zero-order valence-electron chi connectivity index (χ0n) is 9.97. The van der Waals surface area contributed by atoms with Gasteiger partial charge in [0.25, 0.3) is 0 Å². The van der Waals surface area contributed by atoms with Crippen LogP contribution < -0.4 is 5.56 Å². The van der Waals surface area contributed by atoms with Gasteiger partial charge >= 0.3 is 5.97 Å². The van der Waals surface area contributed by atoms with Gasteiger partial charge in [0.05, 0.1) is 5.56 Å². The second kappa shape index (κ2) is 5.14. The first-order valence-electron chi connectivity index (χ1n) is 5.37. The number of aromatic nitrogens is 2. The third kappa shape index (κ3) is 2.84. The molecule has 18 heavy (non-hydrogen) atoms. The van der Waals surface area contributed by atoms with Crippen LogP contribution in [0, 0.1) is 6.92 Å². The number of ether oxygens (including phenoxy) is 1. The largest absolute Gasteiger partial charge is 0.452 e. The number of carbonyl (C=O) groups is 1. The summed E-state index contributed by atoms with van der Waals surface area (Å²) in [4.78, 5) is 29.8. The van der Waals surface area contributed by atoms with Crippen molar-refractivity contribution < 1.29 is 9.53 Å². The summed E-state index contributed by atoms with van der Waals surface area (Å²) in [5.41, 5.74) is 0.555. The van der Waals surface area contributed by atoms with Gasteiger partial charge in [-0.05, 0) is 19.9 Å². The number of aryl methyl sites for hydroxylation is 1. The van der Waals surface area contributed by atoms with Crippen molar-refractivity contribution in [2.75, 3.05) is 0 Å². The predicted molar refractivity (Wildman–Crippen MR) is 67.7 cm³/mol. The molecule has 2 aromatic rings. The summed E-state index contributed by atoms with van der Waals surface area (Å²) in [6.07, 6.45) is 1.24. The standard InChI is InChI=1S/C12H12N2O3S/c1-7-5-9(6-10(15)14-7)12(16)17-8(2)11-13-3-4-18-11/h3-6,8H,1-2H3,(H,14,15). The Morgan fingerprint density at radius 1 is 1.50 bits per heavy atom. The van der Waals surface area contributed by atoms with Crippen molar-refractivity contribution in [3.05, 3.63) is 50.3 Å².